The van der Waals surface area contributed by atoms with Crippen molar-refractivity contribution in [2.75, 3.05) is 19.0 Å². The molecule has 76 valence electrons. The molecule has 0 bridgehead atoms. The van der Waals surface area contributed by atoms with Crippen molar-refractivity contribution in [3.8, 4) is 0 Å². The number of hydrogen-bond donors (Lipinski definition) is 0. The van der Waals surface area contributed by atoms with Gasteiger partial charge in [-0.15, -0.1) is 0 Å². The first-order valence-electron chi connectivity index (χ1n) is 4.06. The number of rotatable bonds is 2. The van der Waals surface area contributed by atoms with Gasteiger partial charge in [-0.05, 0) is 34.5 Å². The molecule has 0 saturated carbocycles. The average molecular weight is 259 g/mol. The Bertz CT molecular complexity index is 377. The molecule has 0 radical (unpaired) electrons. The molecular formula is C9H11BrN2O2. The van der Waals surface area contributed by atoms with Crippen LogP contribution in [0.1, 0.15) is 5.56 Å². The summed E-state index contributed by atoms with van der Waals surface area (Å²) in [5.41, 5.74) is 1.59. The van der Waals surface area contributed by atoms with E-state index in [2.05, 4.69) is 15.9 Å². The van der Waals surface area contributed by atoms with E-state index < -0.39 is 0 Å². The van der Waals surface area contributed by atoms with Gasteiger partial charge in [0.15, 0.2) is 0 Å². The quantitative estimate of drug-likeness (QED) is 0.606. The van der Waals surface area contributed by atoms with Crippen molar-refractivity contribution in [1.29, 1.82) is 0 Å². The van der Waals surface area contributed by atoms with E-state index in [0.717, 1.165) is 5.56 Å². The summed E-state index contributed by atoms with van der Waals surface area (Å²) in [7, 11) is 3.56. The third kappa shape index (κ3) is 1.87. The number of halogens is 1. The number of hydrogen-bond acceptors (Lipinski definition) is 3. The lowest BCUT2D eigenvalue weighted by Crippen LogP contribution is -2.11. The predicted octanol–water partition coefficient (Wildman–Crippen LogP) is 2.73. The average Bonchev–Trinajstić information content (AvgIpc) is 2.08. The smallest absolute Gasteiger partial charge is 0.306 e. The van der Waals surface area contributed by atoms with Gasteiger partial charge < -0.3 is 4.90 Å². The summed E-state index contributed by atoms with van der Waals surface area (Å²) in [6.07, 6.45) is 0. The molecule has 0 heterocycles. The molecule has 0 aromatic heterocycles. The van der Waals surface area contributed by atoms with Gasteiger partial charge in [0.25, 0.3) is 0 Å². The Kier molecular flexibility index (Phi) is 3.10. The monoisotopic (exact) mass is 258 g/mol. The third-order valence-electron chi connectivity index (χ3n) is 1.95. The molecule has 0 aliphatic heterocycles. The highest BCUT2D eigenvalue weighted by Gasteiger charge is 2.20. The molecule has 4 nitrogen and oxygen atoms in total. The molecule has 0 amide bonds. The van der Waals surface area contributed by atoms with E-state index in [1.165, 1.54) is 0 Å². The Morgan fingerprint density at radius 3 is 2.43 bits per heavy atom. The number of nitrogens with zero attached hydrogens (tertiary/aromatic N) is 2. The minimum absolute atomic E-state index is 0.120. The third-order valence-corrected chi connectivity index (χ3v) is 2.95. The summed E-state index contributed by atoms with van der Waals surface area (Å²) >= 11 is 3.23. The Hall–Kier alpha value is -1.10. The van der Waals surface area contributed by atoms with Gasteiger partial charge in [-0.2, -0.15) is 0 Å². The van der Waals surface area contributed by atoms with Crippen molar-refractivity contribution >= 4 is 27.3 Å². The van der Waals surface area contributed by atoms with Gasteiger partial charge in [-0.1, -0.05) is 6.07 Å². The van der Waals surface area contributed by atoms with Crippen molar-refractivity contribution < 1.29 is 4.92 Å². The van der Waals surface area contributed by atoms with E-state index in [-0.39, 0.29) is 10.6 Å². The number of benzene rings is 1. The molecule has 5 heteroatoms. The second-order valence-corrected chi connectivity index (χ2v) is 4.01. The Balaban J connectivity index is 3.45. The largest absolute Gasteiger partial charge is 0.372 e. The maximum Gasteiger partial charge on any atom is 0.306 e. The van der Waals surface area contributed by atoms with Gasteiger partial charge in [0.2, 0.25) is 0 Å². The second-order valence-electron chi connectivity index (χ2n) is 3.22. The zero-order valence-corrected chi connectivity index (χ0v) is 9.83. The molecule has 1 aromatic carbocycles. The summed E-state index contributed by atoms with van der Waals surface area (Å²) < 4.78 is 0.550. The fourth-order valence-corrected chi connectivity index (χ4v) is 1.67. The van der Waals surface area contributed by atoms with E-state index in [0.29, 0.717) is 10.2 Å². The van der Waals surface area contributed by atoms with Crippen LogP contribution in [0.5, 0.6) is 0 Å². The minimum Gasteiger partial charge on any atom is -0.372 e. The van der Waals surface area contributed by atoms with Gasteiger partial charge in [-0.3, -0.25) is 10.1 Å². The number of aryl methyl sites for hydroxylation is 1. The molecule has 0 fully saturated rings. The lowest BCUT2D eigenvalue weighted by molar-refractivity contribution is -0.384. The first kappa shape index (κ1) is 11.0. The van der Waals surface area contributed by atoms with Crippen LogP contribution in [0.2, 0.25) is 0 Å². The van der Waals surface area contributed by atoms with E-state index in [9.17, 15) is 10.1 Å². The standard InChI is InChI=1S/C9H11BrN2O2/c1-6-4-5-7(11(2)3)9(8(6)10)12(13)14/h4-5H,1-3H3. The highest BCUT2D eigenvalue weighted by atomic mass is 79.9. The Morgan fingerprint density at radius 2 is 2.00 bits per heavy atom. The predicted molar refractivity (Wildman–Crippen MR) is 59.9 cm³/mol. The number of nitro groups is 1. The van der Waals surface area contributed by atoms with Crippen LogP contribution in [0.3, 0.4) is 0 Å². The van der Waals surface area contributed by atoms with Crippen LogP contribution in [0.4, 0.5) is 11.4 Å². The first-order valence-corrected chi connectivity index (χ1v) is 4.85. The van der Waals surface area contributed by atoms with Crippen LogP contribution in [-0.2, 0) is 0 Å². The van der Waals surface area contributed by atoms with Gasteiger partial charge in [-0.25, -0.2) is 0 Å². The van der Waals surface area contributed by atoms with Gasteiger partial charge in [0.05, 0.1) is 4.92 Å². The van der Waals surface area contributed by atoms with E-state index in [1.807, 2.05) is 13.0 Å². The molecule has 1 rings (SSSR count). The van der Waals surface area contributed by atoms with Gasteiger partial charge >= 0.3 is 5.69 Å². The molecule has 0 saturated heterocycles. The molecule has 1 aromatic rings. The lowest BCUT2D eigenvalue weighted by Gasteiger charge is -2.14. The van der Waals surface area contributed by atoms with Crippen molar-refractivity contribution in [1.82, 2.24) is 0 Å². The van der Waals surface area contributed by atoms with E-state index >= 15 is 0 Å². The summed E-state index contributed by atoms with van der Waals surface area (Å²) in [6, 6.07) is 3.60. The number of anilines is 1. The van der Waals surface area contributed by atoms with Crippen LogP contribution in [0.15, 0.2) is 16.6 Å². The fourth-order valence-electron chi connectivity index (χ4n) is 1.19. The fraction of sp³-hybridized carbons (Fsp3) is 0.333. The van der Waals surface area contributed by atoms with Crippen molar-refractivity contribution in [3.63, 3.8) is 0 Å². The summed E-state index contributed by atoms with van der Waals surface area (Å²) in [4.78, 5) is 12.2. The normalized spacial score (nSPS) is 10.0. The van der Waals surface area contributed by atoms with Gasteiger partial charge in [0, 0.05) is 14.1 Å². The summed E-state index contributed by atoms with van der Waals surface area (Å²) in [5, 5.41) is 10.8. The minimum atomic E-state index is -0.369. The molecule has 0 aliphatic rings. The molecule has 0 atom stereocenters. The Morgan fingerprint density at radius 1 is 1.43 bits per heavy atom. The van der Waals surface area contributed by atoms with Crippen molar-refractivity contribution in [3.05, 3.63) is 32.3 Å². The van der Waals surface area contributed by atoms with E-state index in [1.54, 1.807) is 25.1 Å². The van der Waals surface area contributed by atoms with Crippen LogP contribution in [0, 0.1) is 17.0 Å². The zero-order chi connectivity index (χ0) is 10.9. The van der Waals surface area contributed by atoms with Crippen LogP contribution in [0.25, 0.3) is 0 Å². The molecule has 0 spiro atoms. The first-order chi connectivity index (χ1) is 6.45. The van der Waals surface area contributed by atoms with Gasteiger partial charge in [0.1, 0.15) is 10.2 Å². The van der Waals surface area contributed by atoms with E-state index in [4.69, 9.17) is 0 Å². The molecular weight excluding hydrogens is 248 g/mol. The highest BCUT2D eigenvalue weighted by molar-refractivity contribution is 9.10. The molecule has 0 aliphatic carbocycles. The second kappa shape index (κ2) is 3.96. The zero-order valence-electron chi connectivity index (χ0n) is 8.24. The van der Waals surface area contributed by atoms with Crippen molar-refractivity contribution in [2.45, 2.75) is 6.92 Å². The summed E-state index contributed by atoms with van der Waals surface area (Å²) in [6.45, 7) is 1.83. The topological polar surface area (TPSA) is 46.4 Å². The molecule has 0 N–H and O–H groups in total. The molecule has 0 unspecified atom stereocenters. The van der Waals surface area contributed by atoms with Crippen LogP contribution < -0.4 is 4.90 Å². The summed E-state index contributed by atoms with van der Waals surface area (Å²) in [5.74, 6) is 0. The van der Waals surface area contributed by atoms with Crippen LogP contribution >= 0.6 is 15.9 Å². The SMILES string of the molecule is Cc1ccc(N(C)C)c([N+](=O)[O-])c1Br. The highest BCUT2D eigenvalue weighted by Crippen LogP contribution is 2.36. The molecule has 14 heavy (non-hydrogen) atoms. The maximum atomic E-state index is 10.8. The Labute approximate surface area is 90.8 Å². The lowest BCUT2D eigenvalue weighted by atomic mass is 10.2. The van der Waals surface area contributed by atoms with Crippen LogP contribution in [-0.4, -0.2) is 19.0 Å². The van der Waals surface area contributed by atoms with Crippen molar-refractivity contribution in [2.24, 2.45) is 0 Å². The maximum absolute atomic E-state index is 10.8. The number of nitro benzene ring substituents is 1.